The number of thiophene rings is 1. The van der Waals surface area contributed by atoms with Gasteiger partial charge in [0.2, 0.25) is 5.13 Å². The van der Waals surface area contributed by atoms with Gasteiger partial charge in [-0.05, 0) is 18.9 Å². The van der Waals surface area contributed by atoms with Gasteiger partial charge >= 0.3 is 0 Å². The molecule has 0 bridgehead atoms. The van der Waals surface area contributed by atoms with Crippen molar-refractivity contribution in [2.75, 3.05) is 18.0 Å². The van der Waals surface area contributed by atoms with Gasteiger partial charge in [0.25, 0.3) is 0 Å². The van der Waals surface area contributed by atoms with E-state index in [1.165, 1.54) is 22.4 Å². The Bertz CT molecular complexity index is 792. The van der Waals surface area contributed by atoms with Crippen molar-refractivity contribution in [2.24, 2.45) is 0 Å². The van der Waals surface area contributed by atoms with Crippen LogP contribution in [0.2, 0.25) is 5.02 Å². The summed E-state index contributed by atoms with van der Waals surface area (Å²) in [6.07, 6.45) is 2.53. The monoisotopic (exact) mass is 367 g/mol. The Kier molecular flexibility index (Phi) is 4.26. The Hall–Kier alpha value is -0.820. The number of fused-ring (bicyclic) bond motifs is 1. The van der Waals surface area contributed by atoms with Crippen molar-refractivity contribution in [2.45, 2.75) is 22.9 Å². The highest BCUT2D eigenvalue weighted by Crippen LogP contribution is 2.39. The average Bonchev–Trinajstić information content (AvgIpc) is 3.26. The van der Waals surface area contributed by atoms with Gasteiger partial charge in [-0.25, -0.2) is 0 Å². The van der Waals surface area contributed by atoms with Crippen LogP contribution in [0, 0.1) is 0 Å². The van der Waals surface area contributed by atoms with E-state index in [0.29, 0.717) is 0 Å². The molecule has 0 unspecified atom stereocenters. The minimum absolute atomic E-state index is 0.854. The smallest absolute Gasteiger partial charge is 0.209 e. The molecule has 1 aromatic carbocycles. The van der Waals surface area contributed by atoms with Crippen LogP contribution in [0.1, 0.15) is 17.7 Å². The summed E-state index contributed by atoms with van der Waals surface area (Å²) in [5, 5.41) is 11.7. The molecule has 0 spiro atoms. The zero-order chi connectivity index (χ0) is 14.9. The number of anilines is 1. The second-order valence-electron chi connectivity index (χ2n) is 5.17. The maximum atomic E-state index is 6.49. The predicted octanol–water partition coefficient (Wildman–Crippen LogP) is 5.30. The largest absolute Gasteiger partial charge is 0.347 e. The summed E-state index contributed by atoms with van der Waals surface area (Å²) in [7, 11) is 0. The molecule has 0 amide bonds. The molecular formula is C15H14ClN3S3. The van der Waals surface area contributed by atoms with Gasteiger partial charge in [0.05, 0.1) is 5.02 Å². The molecule has 22 heavy (non-hydrogen) atoms. The summed E-state index contributed by atoms with van der Waals surface area (Å²) < 4.78 is 2.27. The third-order valence-electron chi connectivity index (χ3n) is 3.70. The Labute approximate surface area is 146 Å². The number of halogens is 1. The number of thioether (sulfide) groups is 1. The molecule has 0 atom stereocenters. The summed E-state index contributed by atoms with van der Waals surface area (Å²) in [5.41, 5.74) is 0. The Morgan fingerprint density at radius 1 is 1.14 bits per heavy atom. The molecule has 1 saturated heterocycles. The summed E-state index contributed by atoms with van der Waals surface area (Å²) in [6, 6.07) is 8.29. The molecule has 0 aliphatic carbocycles. The molecule has 1 fully saturated rings. The van der Waals surface area contributed by atoms with E-state index < -0.39 is 0 Å². The van der Waals surface area contributed by atoms with Gasteiger partial charge in [-0.3, -0.25) is 0 Å². The van der Waals surface area contributed by atoms with E-state index in [4.69, 9.17) is 11.6 Å². The van der Waals surface area contributed by atoms with Crippen LogP contribution in [0.5, 0.6) is 0 Å². The highest BCUT2D eigenvalue weighted by Gasteiger charge is 2.17. The van der Waals surface area contributed by atoms with Crippen molar-refractivity contribution in [3.8, 4) is 0 Å². The number of aromatic nitrogens is 2. The number of rotatable bonds is 4. The maximum Gasteiger partial charge on any atom is 0.209 e. The lowest BCUT2D eigenvalue weighted by Crippen LogP contribution is -2.17. The van der Waals surface area contributed by atoms with E-state index in [-0.39, 0.29) is 0 Å². The molecule has 2 aromatic heterocycles. The van der Waals surface area contributed by atoms with E-state index in [1.54, 1.807) is 34.4 Å². The van der Waals surface area contributed by atoms with Crippen molar-refractivity contribution in [1.82, 2.24) is 10.2 Å². The lowest BCUT2D eigenvalue weighted by molar-refractivity contribution is 0.913. The fourth-order valence-corrected chi connectivity index (χ4v) is 6.13. The van der Waals surface area contributed by atoms with Crippen molar-refractivity contribution in [1.29, 1.82) is 0 Å². The van der Waals surface area contributed by atoms with Crippen LogP contribution in [-0.4, -0.2) is 23.3 Å². The molecule has 7 heteroatoms. The lowest BCUT2D eigenvalue weighted by atomic mass is 10.2. The number of hydrogen-bond acceptors (Lipinski definition) is 6. The van der Waals surface area contributed by atoms with Crippen LogP contribution < -0.4 is 4.90 Å². The van der Waals surface area contributed by atoms with Crippen LogP contribution in [0.15, 0.2) is 28.6 Å². The Morgan fingerprint density at radius 3 is 2.77 bits per heavy atom. The predicted molar refractivity (Wildman–Crippen MR) is 97.8 cm³/mol. The molecule has 3 aromatic rings. The number of nitrogens with zero attached hydrogens (tertiary/aromatic N) is 3. The fourth-order valence-electron chi connectivity index (χ4n) is 2.58. The number of benzene rings is 1. The molecule has 114 valence electrons. The third kappa shape index (κ3) is 2.85. The first-order valence-electron chi connectivity index (χ1n) is 7.18. The average molecular weight is 368 g/mol. The van der Waals surface area contributed by atoms with Gasteiger partial charge in [-0.1, -0.05) is 52.9 Å². The Balaban J connectivity index is 1.48. The molecule has 0 N–H and O–H groups in total. The SMILES string of the molecule is Clc1c(CSc2nnc(N3CCCC3)s2)sc2ccccc12. The van der Waals surface area contributed by atoms with Crippen LogP contribution in [0.25, 0.3) is 10.1 Å². The number of hydrogen-bond donors (Lipinski definition) is 0. The van der Waals surface area contributed by atoms with Crippen LogP contribution in [0.3, 0.4) is 0 Å². The summed E-state index contributed by atoms with van der Waals surface area (Å²) >= 11 is 11.7. The first kappa shape index (κ1) is 14.8. The summed E-state index contributed by atoms with van der Waals surface area (Å²) in [6.45, 7) is 2.23. The quantitative estimate of drug-likeness (QED) is 0.585. The molecule has 0 saturated carbocycles. The Morgan fingerprint density at radius 2 is 1.95 bits per heavy atom. The molecule has 3 heterocycles. The van der Waals surface area contributed by atoms with Crippen LogP contribution >= 0.6 is 46.0 Å². The van der Waals surface area contributed by atoms with Crippen molar-refractivity contribution < 1.29 is 0 Å². The van der Waals surface area contributed by atoms with Crippen LogP contribution in [-0.2, 0) is 5.75 Å². The first-order valence-corrected chi connectivity index (χ1v) is 10.2. The molecule has 1 aliphatic rings. The maximum absolute atomic E-state index is 6.49. The van der Waals surface area contributed by atoms with E-state index >= 15 is 0 Å². The lowest BCUT2D eigenvalue weighted by Gasteiger charge is -2.10. The molecule has 4 rings (SSSR count). The highest BCUT2D eigenvalue weighted by molar-refractivity contribution is 8.00. The van der Waals surface area contributed by atoms with Crippen molar-refractivity contribution >= 4 is 61.3 Å². The minimum Gasteiger partial charge on any atom is -0.347 e. The van der Waals surface area contributed by atoms with E-state index in [0.717, 1.165) is 38.7 Å². The third-order valence-corrected chi connectivity index (χ3v) is 7.74. The van der Waals surface area contributed by atoms with E-state index in [1.807, 2.05) is 6.07 Å². The van der Waals surface area contributed by atoms with Crippen molar-refractivity contribution in [3.05, 3.63) is 34.2 Å². The van der Waals surface area contributed by atoms with Gasteiger partial charge in [-0.15, -0.1) is 21.5 Å². The van der Waals surface area contributed by atoms with Gasteiger partial charge < -0.3 is 4.90 Å². The van der Waals surface area contributed by atoms with Crippen LogP contribution in [0.4, 0.5) is 5.13 Å². The molecule has 0 radical (unpaired) electrons. The normalized spacial score (nSPS) is 15.0. The highest BCUT2D eigenvalue weighted by atomic mass is 35.5. The summed E-state index contributed by atoms with van der Waals surface area (Å²) in [5.74, 6) is 0.854. The van der Waals surface area contributed by atoms with Gasteiger partial charge in [0.15, 0.2) is 4.34 Å². The second kappa shape index (κ2) is 6.35. The first-order chi connectivity index (χ1) is 10.8. The van der Waals surface area contributed by atoms with Crippen molar-refractivity contribution in [3.63, 3.8) is 0 Å². The zero-order valence-electron chi connectivity index (χ0n) is 11.8. The fraction of sp³-hybridized carbons (Fsp3) is 0.333. The van der Waals surface area contributed by atoms with Gasteiger partial charge in [-0.2, -0.15) is 0 Å². The molecule has 1 aliphatic heterocycles. The molecule has 3 nitrogen and oxygen atoms in total. The van der Waals surface area contributed by atoms with E-state index in [2.05, 4.69) is 33.3 Å². The van der Waals surface area contributed by atoms with E-state index in [9.17, 15) is 0 Å². The second-order valence-corrected chi connectivity index (χ2v) is 8.86. The zero-order valence-corrected chi connectivity index (χ0v) is 15.0. The molecular weight excluding hydrogens is 354 g/mol. The van der Waals surface area contributed by atoms with Gasteiger partial charge in [0, 0.05) is 33.8 Å². The topological polar surface area (TPSA) is 29.0 Å². The minimum atomic E-state index is 0.854. The van der Waals surface area contributed by atoms with Gasteiger partial charge in [0.1, 0.15) is 0 Å². The standard InChI is InChI=1S/C15H14ClN3S3/c16-13-10-5-1-2-6-11(10)21-12(13)9-20-15-18-17-14(22-15)19-7-3-4-8-19/h1-2,5-6H,3-4,7-9H2. The summed E-state index contributed by atoms with van der Waals surface area (Å²) in [4.78, 5) is 3.54.